The average Bonchev–Trinajstić information content (AvgIpc) is 2.86. The van der Waals surface area contributed by atoms with Gasteiger partial charge in [-0.2, -0.15) is 0 Å². The molecule has 2 atom stereocenters. The monoisotopic (exact) mass is 359 g/mol. The summed E-state index contributed by atoms with van der Waals surface area (Å²) in [4.78, 5) is 12.4. The molecule has 2 aromatic rings. The van der Waals surface area contributed by atoms with Crippen LogP contribution < -0.4 is 19.5 Å². The third-order valence-electron chi connectivity index (χ3n) is 4.11. The first-order chi connectivity index (χ1) is 12.5. The first-order valence-corrected chi connectivity index (χ1v) is 8.65. The Balaban J connectivity index is 1.62. The van der Waals surface area contributed by atoms with Gasteiger partial charge < -0.3 is 19.5 Å². The Hall–Kier alpha value is -2.76. The molecular weight excluding hydrogens is 337 g/mol. The van der Waals surface area contributed by atoms with Gasteiger partial charge in [0.1, 0.15) is 11.6 Å². The predicted molar refractivity (Wildman–Crippen MR) is 95.1 cm³/mol. The molecular formula is C20H22FNO4. The summed E-state index contributed by atoms with van der Waals surface area (Å²) in [5.41, 5.74) is 0.903. The van der Waals surface area contributed by atoms with Crippen molar-refractivity contribution in [1.29, 1.82) is 0 Å². The highest BCUT2D eigenvalue weighted by molar-refractivity contribution is 5.81. The molecule has 138 valence electrons. The number of hydrogen-bond acceptors (Lipinski definition) is 4. The summed E-state index contributed by atoms with van der Waals surface area (Å²) in [6.45, 7) is 4.75. The van der Waals surface area contributed by atoms with Crippen molar-refractivity contribution in [3.8, 4) is 17.2 Å². The molecule has 0 radical (unpaired) electrons. The van der Waals surface area contributed by atoms with Crippen molar-refractivity contribution in [1.82, 2.24) is 5.32 Å². The van der Waals surface area contributed by atoms with E-state index in [4.69, 9.17) is 14.2 Å². The molecule has 0 spiro atoms. The maximum atomic E-state index is 13.2. The van der Waals surface area contributed by atoms with E-state index in [0.717, 1.165) is 12.0 Å². The van der Waals surface area contributed by atoms with Crippen LogP contribution >= 0.6 is 0 Å². The quantitative estimate of drug-likeness (QED) is 0.886. The lowest BCUT2D eigenvalue weighted by atomic mass is 10.1. The van der Waals surface area contributed by atoms with Gasteiger partial charge in [0.25, 0.3) is 5.91 Å². The van der Waals surface area contributed by atoms with E-state index in [0.29, 0.717) is 30.5 Å². The molecule has 1 heterocycles. The first-order valence-electron chi connectivity index (χ1n) is 8.65. The lowest BCUT2D eigenvalue weighted by molar-refractivity contribution is -0.127. The Labute approximate surface area is 152 Å². The normalized spacial score (nSPS) is 15.5. The van der Waals surface area contributed by atoms with Crippen molar-refractivity contribution in [3.05, 3.63) is 53.8 Å². The zero-order valence-electron chi connectivity index (χ0n) is 14.8. The van der Waals surface area contributed by atoms with E-state index in [1.807, 2.05) is 25.1 Å². The third-order valence-corrected chi connectivity index (χ3v) is 4.11. The Bertz CT molecular complexity index is 780. The molecule has 1 N–H and O–H groups in total. The maximum Gasteiger partial charge on any atom is 0.261 e. The van der Waals surface area contributed by atoms with Crippen LogP contribution in [0, 0.1) is 5.82 Å². The number of benzene rings is 2. The van der Waals surface area contributed by atoms with Crippen molar-refractivity contribution in [2.45, 2.75) is 32.4 Å². The van der Waals surface area contributed by atoms with Gasteiger partial charge in [0.2, 0.25) is 0 Å². The van der Waals surface area contributed by atoms with Gasteiger partial charge in [-0.25, -0.2) is 4.39 Å². The van der Waals surface area contributed by atoms with Crippen molar-refractivity contribution < 1.29 is 23.4 Å². The van der Waals surface area contributed by atoms with Gasteiger partial charge in [-0.05, 0) is 43.7 Å². The van der Waals surface area contributed by atoms with Crippen LogP contribution in [0.15, 0.2) is 42.5 Å². The SMILES string of the molecule is C[C@H](NC(=O)[C@@H](C)Oc1cccc(F)c1)c1ccc2c(c1)OCCCO2. The zero-order chi connectivity index (χ0) is 18.5. The number of rotatable bonds is 5. The van der Waals surface area contributed by atoms with Crippen molar-refractivity contribution in [3.63, 3.8) is 0 Å². The summed E-state index contributed by atoms with van der Waals surface area (Å²) in [6, 6.07) is 11.1. The minimum atomic E-state index is -0.750. The number of hydrogen-bond donors (Lipinski definition) is 1. The first kappa shape index (κ1) is 18.0. The molecule has 26 heavy (non-hydrogen) atoms. The number of fused-ring (bicyclic) bond motifs is 1. The van der Waals surface area contributed by atoms with Crippen LogP contribution in [0.2, 0.25) is 0 Å². The summed E-state index contributed by atoms with van der Waals surface area (Å²) in [7, 11) is 0. The molecule has 5 nitrogen and oxygen atoms in total. The fourth-order valence-electron chi connectivity index (χ4n) is 2.66. The maximum absolute atomic E-state index is 13.2. The Kier molecular flexibility index (Phi) is 5.61. The van der Waals surface area contributed by atoms with E-state index in [9.17, 15) is 9.18 Å². The number of ether oxygens (including phenoxy) is 3. The molecule has 3 rings (SSSR count). The van der Waals surface area contributed by atoms with E-state index in [1.54, 1.807) is 13.0 Å². The highest BCUT2D eigenvalue weighted by Crippen LogP contribution is 2.32. The summed E-state index contributed by atoms with van der Waals surface area (Å²) in [6.07, 6.45) is 0.0882. The molecule has 1 aliphatic heterocycles. The predicted octanol–water partition coefficient (Wildman–Crippen LogP) is 3.63. The molecule has 1 aliphatic rings. The molecule has 0 aromatic heterocycles. The fraction of sp³-hybridized carbons (Fsp3) is 0.350. The second-order valence-corrected chi connectivity index (χ2v) is 6.20. The number of carbonyl (C=O) groups excluding carboxylic acids is 1. The van der Waals surface area contributed by atoms with Crippen molar-refractivity contribution in [2.24, 2.45) is 0 Å². The number of halogens is 1. The Morgan fingerprint density at radius 1 is 1.12 bits per heavy atom. The van der Waals surface area contributed by atoms with Gasteiger partial charge in [0.15, 0.2) is 17.6 Å². The van der Waals surface area contributed by atoms with Gasteiger partial charge in [0, 0.05) is 12.5 Å². The molecule has 0 saturated heterocycles. The summed E-state index contributed by atoms with van der Waals surface area (Å²) >= 11 is 0. The van der Waals surface area contributed by atoms with Crippen LogP contribution in [-0.4, -0.2) is 25.2 Å². The minimum Gasteiger partial charge on any atom is -0.490 e. The Morgan fingerprint density at radius 3 is 2.65 bits per heavy atom. The van der Waals surface area contributed by atoms with Gasteiger partial charge in [-0.15, -0.1) is 0 Å². The number of nitrogens with one attached hydrogen (secondary N) is 1. The molecule has 6 heteroatoms. The second-order valence-electron chi connectivity index (χ2n) is 6.20. The standard InChI is InChI=1S/C20H22FNO4/c1-13(15-7-8-18-19(11-15)25-10-4-9-24-18)22-20(23)14(2)26-17-6-3-5-16(21)12-17/h3,5-8,11-14H,4,9-10H2,1-2H3,(H,22,23)/t13-,14+/m0/s1. The van der Waals surface area contributed by atoms with Crippen LogP contribution in [0.5, 0.6) is 17.2 Å². The van der Waals surface area contributed by atoms with Crippen LogP contribution in [0.25, 0.3) is 0 Å². The second kappa shape index (κ2) is 8.08. The van der Waals surface area contributed by atoms with Gasteiger partial charge >= 0.3 is 0 Å². The van der Waals surface area contributed by atoms with Crippen LogP contribution in [-0.2, 0) is 4.79 Å². The topological polar surface area (TPSA) is 56.8 Å². The van der Waals surface area contributed by atoms with Crippen molar-refractivity contribution in [2.75, 3.05) is 13.2 Å². The number of carbonyl (C=O) groups is 1. The molecule has 0 saturated carbocycles. The van der Waals surface area contributed by atoms with E-state index < -0.39 is 11.9 Å². The van der Waals surface area contributed by atoms with E-state index >= 15 is 0 Å². The molecule has 0 fully saturated rings. The third kappa shape index (κ3) is 4.45. The summed E-state index contributed by atoms with van der Waals surface area (Å²) in [5, 5.41) is 2.90. The average molecular weight is 359 g/mol. The van der Waals surface area contributed by atoms with Gasteiger partial charge in [-0.3, -0.25) is 4.79 Å². The van der Waals surface area contributed by atoms with Crippen molar-refractivity contribution >= 4 is 5.91 Å². The van der Waals surface area contributed by atoms with Crippen LogP contribution in [0.4, 0.5) is 4.39 Å². The summed E-state index contributed by atoms with van der Waals surface area (Å²) in [5.74, 6) is 1.03. The fourth-order valence-corrected chi connectivity index (χ4v) is 2.66. The molecule has 0 unspecified atom stereocenters. The van der Waals surface area contributed by atoms with E-state index in [1.165, 1.54) is 18.2 Å². The van der Waals surface area contributed by atoms with E-state index in [-0.39, 0.29) is 11.9 Å². The minimum absolute atomic E-state index is 0.238. The highest BCUT2D eigenvalue weighted by atomic mass is 19.1. The Morgan fingerprint density at radius 2 is 1.88 bits per heavy atom. The molecule has 0 bridgehead atoms. The smallest absolute Gasteiger partial charge is 0.261 e. The van der Waals surface area contributed by atoms with Gasteiger partial charge in [0.05, 0.1) is 19.3 Å². The largest absolute Gasteiger partial charge is 0.490 e. The zero-order valence-corrected chi connectivity index (χ0v) is 14.8. The molecule has 1 amide bonds. The lowest BCUT2D eigenvalue weighted by Gasteiger charge is -2.20. The molecule has 0 aliphatic carbocycles. The lowest BCUT2D eigenvalue weighted by Crippen LogP contribution is -2.37. The number of amides is 1. The van der Waals surface area contributed by atoms with Crippen LogP contribution in [0.1, 0.15) is 31.9 Å². The van der Waals surface area contributed by atoms with Gasteiger partial charge in [-0.1, -0.05) is 12.1 Å². The van der Waals surface area contributed by atoms with Crippen LogP contribution in [0.3, 0.4) is 0 Å². The molecule has 2 aromatic carbocycles. The van der Waals surface area contributed by atoms with E-state index in [2.05, 4.69) is 5.32 Å². The summed E-state index contributed by atoms with van der Waals surface area (Å²) < 4.78 is 30.0. The highest BCUT2D eigenvalue weighted by Gasteiger charge is 2.19.